The molecule has 4 rings (SSSR count). The van der Waals surface area contributed by atoms with Crippen molar-refractivity contribution in [2.45, 2.75) is 25.8 Å². The van der Waals surface area contributed by atoms with E-state index in [-0.39, 0.29) is 24.1 Å². The quantitative estimate of drug-likeness (QED) is 0.599. The predicted octanol–water partition coefficient (Wildman–Crippen LogP) is 3.65. The van der Waals surface area contributed by atoms with Crippen molar-refractivity contribution in [2.75, 3.05) is 11.4 Å². The van der Waals surface area contributed by atoms with E-state index in [9.17, 15) is 14.4 Å². The highest BCUT2D eigenvalue weighted by atomic mass is 79.9. The summed E-state index contributed by atoms with van der Waals surface area (Å²) in [5, 5.41) is 1.10. The van der Waals surface area contributed by atoms with Gasteiger partial charge in [0.15, 0.2) is 0 Å². The van der Waals surface area contributed by atoms with Gasteiger partial charge < -0.3 is 9.88 Å². The van der Waals surface area contributed by atoms with Crippen LogP contribution in [0, 0.1) is 0 Å². The Labute approximate surface area is 176 Å². The molecule has 6 nitrogen and oxygen atoms in total. The minimum absolute atomic E-state index is 0.00234. The summed E-state index contributed by atoms with van der Waals surface area (Å²) in [7, 11) is 0. The minimum atomic E-state index is -0.770. The number of carbonyl (C=O) groups excluding carboxylic acids is 3. The summed E-state index contributed by atoms with van der Waals surface area (Å²) in [6.07, 6.45) is 2.53. The predicted molar refractivity (Wildman–Crippen MR) is 114 cm³/mol. The van der Waals surface area contributed by atoms with Crippen LogP contribution in [-0.4, -0.2) is 40.2 Å². The Morgan fingerprint density at radius 3 is 2.62 bits per heavy atom. The van der Waals surface area contributed by atoms with Crippen molar-refractivity contribution in [3.05, 3.63) is 64.8 Å². The fourth-order valence-electron chi connectivity index (χ4n) is 3.83. The number of rotatable bonds is 5. The molecule has 0 aliphatic carbocycles. The number of imide groups is 1. The molecule has 1 aromatic heterocycles. The molecule has 148 valence electrons. The van der Waals surface area contributed by atoms with Gasteiger partial charge in [-0.1, -0.05) is 34.1 Å². The number of nitrogens with one attached hydrogen (secondary N) is 1. The fourth-order valence-corrected chi connectivity index (χ4v) is 4.10. The van der Waals surface area contributed by atoms with E-state index in [1.165, 1.54) is 16.7 Å². The summed E-state index contributed by atoms with van der Waals surface area (Å²) in [4.78, 5) is 43.8. The van der Waals surface area contributed by atoms with Crippen LogP contribution < -0.4 is 4.90 Å². The van der Waals surface area contributed by atoms with Crippen LogP contribution in [0.25, 0.3) is 10.9 Å². The first kappa shape index (κ1) is 19.4. The van der Waals surface area contributed by atoms with Crippen molar-refractivity contribution in [3.8, 4) is 0 Å². The lowest BCUT2D eigenvalue weighted by atomic mass is 10.1. The molecule has 0 radical (unpaired) electrons. The highest BCUT2D eigenvalue weighted by Gasteiger charge is 2.43. The van der Waals surface area contributed by atoms with E-state index in [1.807, 2.05) is 30.5 Å². The third-order valence-corrected chi connectivity index (χ3v) is 5.81. The SMILES string of the molecule is CC(=O)N(CCc1c[nH]c2ccccc12)C1CC(=O)N(c2ccc(Br)cc2)C1=O. The first-order chi connectivity index (χ1) is 14.0. The lowest BCUT2D eigenvalue weighted by Crippen LogP contribution is -2.45. The number of aromatic nitrogens is 1. The summed E-state index contributed by atoms with van der Waals surface area (Å²) in [6.45, 7) is 1.81. The Kier molecular flexibility index (Phi) is 5.24. The summed E-state index contributed by atoms with van der Waals surface area (Å²) in [5.74, 6) is -0.860. The lowest BCUT2D eigenvalue weighted by molar-refractivity contribution is -0.136. The summed E-state index contributed by atoms with van der Waals surface area (Å²) < 4.78 is 0.862. The Hall–Kier alpha value is -2.93. The third-order valence-electron chi connectivity index (χ3n) is 5.29. The average molecular weight is 454 g/mol. The molecule has 2 aromatic carbocycles. The van der Waals surface area contributed by atoms with Crippen LogP contribution in [0.1, 0.15) is 18.9 Å². The molecule has 0 bridgehead atoms. The lowest BCUT2D eigenvalue weighted by Gasteiger charge is -2.26. The van der Waals surface area contributed by atoms with E-state index in [0.717, 1.165) is 20.9 Å². The van der Waals surface area contributed by atoms with Gasteiger partial charge in [0.25, 0.3) is 5.91 Å². The van der Waals surface area contributed by atoms with E-state index in [1.54, 1.807) is 24.3 Å². The van der Waals surface area contributed by atoms with Gasteiger partial charge in [0, 0.05) is 35.0 Å². The average Bonchev–Trinajstić information content (AvgIpc) is 3.24. The smallest absolute Gasteiger partial charge is 0.257 e. The molecular weight excluding hydrogens is 434 g/mol. The number of benzene rings is 2. The number of carbonyl (C=O) groups is 3. The first-order valence-corrected chi connectivity index (χ1v) is 10.2. The summed E-state index contributed by atoms with van der Waals surface area (Å²) in [6, 6.07) is 14.2. The largest absolute Gasteiger partial charge is 0.361 e. The van der Waals surface area contributed by atoms with Crippen LogP contribution in [0.4, 0.5) is 5.69 Å². The second-order valence-electron chi connectivity index (χ2n) is 7.09. The number of H-pyrrole nitrogens is 1. The van der Waals surface area contributed by atoms with Gasteiger partial charge in [-0.15, -0.1) is 0 Å². The molecule has 1 N–H and O–H groups in total. The van der Waals surface area contributed by atoms with Crippen LogP contribution in [-0.2, 0) is 20.8 Å². The normalized spacial score (nSPS) is 16.6. The Bertz CT molecular complexity index is 1090. The van der Waals surface area contributed by atoms with Crippen molar-refractivity contribution >= 4 is 50.2 Å². The van der Waals surface area contributed by atoms with Crippen LogP contribution in [0.15, 0.2) is 59.2 Å². The van der Waals surface area contributed by atoms with Crippen molar-refractivity contribution in [1.82, 2.24) is 9.88 Å². The van der Waals surface area contributed by atoms with Crippen molar-refractivity contribution in [3.63, 3.8) is 0 Å². The topological polar surface area (TPSA) is 73.5 Å². The van der Waals surface area contributed by atoms with Crippen LogP contribution in [0.3, 0.4) is 0 Å². The highest BCUT2D eigenvalue weighted by molar-refractivity contribution is 9.10. The minimum Gasteiger partial charge on any atom is -0.361 e. The molecule has 7 heteroatoms. The van der Waals surface area contributed by atoms with Crippen molar-refractivity contribution in [1.29, 1.82) is 0 Å². The number of halogens is 1. The molecular formula is C22H20BrN3O3. The number of nitrogens with zero attached hydrogens (tertiary/aromatic N) is 2. The van der Waals surface area contributed by atoms with Gasteiger partial charge in [0.1, 0.15) is 6.04 Å². The molecule has 1 aliphatic rings. The van der Waals surface area contributed by atoms with E-state index in [4.69, 9.17) is 0 Å². The number of aromatic amines is 1. The third kappa shape index (κ3) is 3.70. The van der Waals surface area contributed by atoms with Crippen LogP contribution in [0.2, 0.25) is 0 Å². The maximum atomic E-state index is 13.0. The standard InChI is InChI=1S/C22H20BrN3O3/c1-14(27)25(11-10-15-13-24-19-5-3-2-4-18(15)19)20-12-21(28)26(22(20)29)17-8-6-16(23)7-9-17/h2-9,13,20,24H,10-12H2,1H3. The second kappa shape index (κ2) is 7.83. The molecule has 1 fully saturated rings. The monoisotopic (exact) mass is 453 g/mol. The van der Waals surface area contributed by atoms with Gasteiger partial charge in [0.05, 0.1) is 12.1 Å². The zero-order valence-corrected chi connectivity index (χ0v) is 17.5. The number of para-hydroxylation sites is 1. The molecule has 3 amide bonds. The molecule has 1 unspecified atom stereocenters. The maximum Gasteiger partial charge on any atom is 0.257 e. The van der Waals surface area contributed by atoms with Gasteiger partial charge in [-0.05, 0) is 42.3 Å². The van der Waals surface area contributed by atoms with Crippen molar-refractivity contribution < 1.29 is 14.4 Å². The molecule has 1 atom stereocenters. The molecule has 1 aliphatic heterocycles. The highest BCUT2D eigenvalue weighted by Crippen LogP contribution is 2.27. The molecule has 1 saturated heterocycles. The first-order valence-electron chi connectivity index (χ1n) is 9.40. The Balaban J connectivity index is 1.54. The van der Waals surface area contributed by atoms with Crippen molar-refractivity contribution in [2.24, 2.45) is 0 Å². The summed E-state index contributed by atoms with van der Waals surface area (Å²) >= 11 is 3.35. The van der Waals surface area contributed by atoms with Crippen LogP contribution >= 0.6 is 15.9 Å². The van der Waals surface area contributed by atoms with Gasteiger partial charge in [-0.25, -0.2) is 4.90 Å². The van der Waals surface area contributed by atoms with Gasteiger partial charge >= 0.3 is 0 Å². The van der Waals surface area contributed by atoms with Gasteiger partial charge in [0.2, 0.25) is 11.8 Å². The Morgan fingerprint density at radius 2 is 1.90 bits per heavy atom. The van der Waals surface area contributed by atoms with E-state index in [2.05, 4.69) is 20.9 Å². The number of fused-ring (bicyclic) bond motifs is 1. The van der Waals surface area contributed by atoms with E-state index < -0.39 is 6.04 Å². The second-order valence-corrected chi connectivity index (χ2v) is 8.00. The number of hydrogen-bond acceptors (Lipinski definition) is 3. The molecule has 3 aromatic rings. The molecule has 0 spiro atoms. The van der Waals surface area contributed by atoms with E-state index in [0.29, 0.717) is 18.7 Å². The molecule has 29 heavy (non-hydrogen) atoms. The van der Waals surface area contributed by atoms with Gasteiger partial charge in [-0.3, -0.25) is 14.4 Å². The van der Waals surface area contributed by atoms with Crippen LogP contribution in [0.5, 0.6) is 0 Å². The number of anilines is 1. The fraction of sp³-hybridized carbons (Fsp3) is 0.227. The number of amides is 3. The maximum absolute atomic E-state index is 13.0. The summed E-state index contributed by atoms with van der Waals surface area (Å²) in [5.41, 5.74) is 2.63. The van der Waals surface area contributed by atoms with Gasteiger partial charge in [-0.2, -0.15) is 0 Å². The zero-order chi connectivity index (χ0) is 20.5. The molecule has 0 saturated carbocycles. The zero-order valence-electron chi connectivity index (χ0n) is 15.9. The molecule has 2 heterocycles. The van der Waals surface area contributed by atoms with E-state index >= 15 is 0 Å². The Morgan fingerprint density at radius 1 is 1.17 bits per heavy atom. The number of hydrogen-bond donors (Lipinski definition) is 1.